The Hall–Kier alpha value is -1.96. The Balaban J connectivity index is 2.66. The van der Waals surface area contributed by atoms with Gasteiger partial charge in [-0.1, -0.05) is 0 Å². The maximum atomic E-state index is 13.8. The summed E-state index contributed by atoms with van der Waals surface area (Å²) in [6.45, 7) is 0. The molecule has 0 spiro atoms. The summed E-state index contributed by atoms with van der Waals surface area (Å²) in [7, 11) is 0. The maximum Gasteiger partial charge on any atom is 0.353 e. The number of H-pyrrole nitrogens is 1. The minimum atomic E-state index is -1.30. The Bertz CT molecular complexity index is 616. The molecule has 0 fully saturated rings. The second-order valence-electron chi connectivity index (χ2n) is 3.35. The Morgan fingerprint density at radius 1 is 1.39 bits per heavy atom. The molecule has 18 heavy (non-hydrogen) atoms. The van der Waals surface area contributed by atoms with E-state index in [1.165, 1.54) is 0 Å². The van der Waals surface area contributed by atoms with Crippen LogP contribution in [0.3, 0.4) is 0 Å². The third kappa shape index (κ3) is 1.94. The van der Waals surface area contributed by atoms with E-state index in [1.54, 1.807) is 0 Å². The van der Waals surface area contributed by atoms with Crippen molar-refractivity contribution in [1.29, 1.82) is 0 Å². The van der Waals surface area contributed by atoms with Gasteiger partial charge in [0.25, 0.3) is 0 Å². The number of benzene rings is 1. The molecule has 0 unspecified atom stereocenters. The molecule has 0 aliphatic carbocycles. The number of hydrogen-bond acceptors (Lipinski definition) is 3. The number of phenolic OH excluding ortho intramolecular Hbond substituents is 1. The van der Waals surface area contributed by atoms with Crippen LogP contribution in [0.2, 0.25) is 0 Å². The predicted octanol–water partition coefficient (Wildman–Crippen LogP) is 2.52. The third-order valence-electron chi connectivity index (χ3n) is 2.21. The minimum absolute atomic E-state index is 0.201. The fraction of sp³-hybridized carbons (Fsp3) is 0. The van der Waals surface area contributed by atoms with E-state index < -0.39 is 28.9 Å². The van der Waals surface area contributed by atoms with Crippen LogP contribution < -0.4 is 0 Å². The summed E-state index contributed by atoms with van der Waals surface area (Å²) in [5, 5.41) is 23.8. The van der Waals surface area contributed by atoms with Crippen LogP contribution in [0.15, 0.2) is 16.6 Å². The number of aromatic nitrogens is 2. The van der Waals surface area contributed by atoms with E-state index >= 15 is 0 Å². The predicted molar refractivity (Wildman–Crippen MR) is 60.3 cm³/mol. The number of halogens is 3. The van der Waals surface area contributed by atoms with Crippen molar-refractivity contribution in [2.24, 2.45) is 0 Å². The van der Waals surface area contributed by atoms with E-state index in [0.717, 1.165) is 12.1 Å². The Morgan fingerprint density at radius 2 is 2.06 bits per heavy atom. The van der Waals surface area contributed by atoms with Gasteiger partial charge in [-0.25, -0.2) is 13.6 Å². The van der Waals surface area contributed by atoms with Gasteiger partial charge in [-0.3, -0.25) is 5.10 Å². The molecule has 1 aromatic heterocycles. The molecule has 1 heterocycles. The zero-order valence-electron chi connectivity index (χ0n) is 8.54. The van der Waals surface area contributed by atoms with Crippen molar-refractivity contribution in [2.75, 3.05) is 0 Å². The topological polar surface area (TPSA) is 86.2 Å². The zero-order chi connectivity index (χ0) is 13.4. The highest BCUT2D eigenvalue weighted by molar-refractivity contribution is 9.10. The first-order valence-corrected chi connectivity index (χ1v) is 5.36. The number of carboxylic acid groups (broad SMARTS) is 1. The molecule has 0 bridgehead atoms. The molecular weight excluding hydrogens is 314 g/mol. The largest absolute Gasteiger partial charge is 0.504 e. The molecule has 2 aromatic rings. The van der Waals surface area contributed by atoms with Crippen molar-refractivity contribution in [3.63, 3.8) is 0 Å². The van der Waals surface area contributed by atoms with E-state index in [2.05, 4.69) is 26.1 Å². The first-order chi connectivity index (χ1) is 8.41. The summed E-state index contributed by atoms with van der Waals surface area (Å²) in [4.78, 5) is 10.6. The first-order valence-electron chi connectivity index (χ1n) is 4.57. The van der Waals surface area contributed by atoms with Crippen LogP contribution in [0.5, 0.6) is 5.75 Å². The minimum Gasteiger partial charge on any atom is -0.504 e. The monoisotopic (exact) mass is 318 g/mol. The highest BCUT2D eigenvalue weighted by atomic mass is 79.9. The number of rotatable bonds is 2. The SMILES string of the molecule is O=C(O)c1cc(-c2c(O)c(F)cc(Br)c2F)n[nH]1. The molecule has 0 saturated carbocycles. The number of phenols is 1. The number of aromatic carboxylic acids is 1. The molecule has 94 valence electrons. The van der Waals surface area contributed by atoms with Gasteiger partial charge in [-0.15, -0.1) is 0 Å². The second-order valence-corrected chi connectivity index (χ2v) is 4.20. The summed E-state index contributed by atoms with van der Waals surface area (Å²) in [5.41, 5.74) is -1.02. The quantitative estimate of drug-likeness (QED) is 0.743. The molecule has 8 heteroatoms. The summed E-state index contributed by atoms with van der Waals surface area (Å²) >= 11 is 2.78. The van der Waals surface area contributed by atoms with Gasteiger partial charge in [-0.05, 0) is 28.1 Å². The standard InChI is InChI=1S/C10H5BrF2N2O3/c11-3-1-4(12)9(16)7(8(3)13)5-2-6(10(17)18)15-14-5/h1-2,16H,(H,14,15)(H,17,18). The molecule has 0 aliphatic rings. The Morgan fingerprint density at radius 3 is 2.61 bits per heavy atom. The molecule has 2 rings (SSSR count). The number of nitrogens with zero attached hydrogens (tertiary/aromatic N) is 1. The van der Waals surface area contributed by atoms with E-state index in [0.29, 0.717) is 0 Å². The van der Waals surface area contributed by atoms with Gasteiger partial charge in [0, 0.05) is 0 Å². The number of hydrogen-bond donors (Lipinski definition) is 3. The van der Waals surface area contributed by atoms with Gasteiger partial charge in [0.2, 0.25) is 0 Å². The van der Waals surface area contributed by atoms with Crippen LogP contribution in [0, 0.1) is 11.6 Å². The summed E-state index contributed by atoms with van der Waals surface area (Å²) in [5.74, 6) is -4.21. The molecule has 1 aromatic carbocycles. The van der Waals surface area contributed by atoms with Crippen molar-refractivity contribution in [3.8, 4) is 17.0 Å². The lowest BCUT2D eigenvalue weighted by Gasteiger charge is -2.05. The fourth-order valence-corrected chi connectivity index (χ4v) is 1.78. The van der Waals surface area contributed by atoms with Crippen LogP contribution >= 0.6 is 15.9 Å². The zero-order valence-corrected chi connectivity index (χ0v) is 10.1. The van der Waals surface area contributed by atoms with Gasteiger partial charge in [0.15, 0.2) is 17.4 Å². The molecule has 5 nitrogen and oxygen atoms in total. The number of nitrogens with one attached hydrogen (secondary N) is 1. The van der Waals surface area contributed by atoms with Crippen molar-refractivity contribution < 1.29 is 23.8 Å². The van der Waals surface area contributed by atoms with Crippen LogP contribution in [0.1, 0.15) is 10.5 Å². The molecule has 3 N–H and O–H groups in total. The normalized spacial score (nSPS) is 10.6. The van der Waals surface area contributed by atoms with Crippen LogP contribution in [0.4, 0.5) is 8.78 Å². The smallest absolute Gasteiger partial charge is 0.353 e. The molecule has 0 radical (unpaired) electrons. The Kier molecular flexibility index (Phi) is 3.04. The van der Waals surface area contributed by atoms with Crippen molar-refractivity contribution in [1.82, 2.24) is 10.2 Å². The lowest BCUT2D eigenvalue weighted by atomic mass is 10.1. The average molecular weight is 319 g/mol. The molecular formula is C10H5BrF2N2O3. The van der Waals surface area contributed by atoms with Gasteiger partial charge < -0.3 is 10.2 Å². The van der Waals surface area contributed by atoms with Crippen LogP contribution in [0.25, 0.3) is 11.3 Å². The van der Waals surface area contributed by atoms with E-state index in [4.69, 9.17) is 5.11 Å². The fourth-order valence-electron chi connectivity index (χ4n) is 1.38. The first kappa shape index (κ1) is 12.5. The second kappa shape index (κ2) is 4.37. The van der Waals surface area contributed by atoms with Crippen LogP contribution in [-0.4, -0.2) is 26.4 Å². The number of carboxylic acids is 1. The van der Waals surface area contributed by atoms with E-state index in [1.807, 2.05) is 0 Å². The lowest BCUT2D eigenvalue weighted by molar-refractivity contribution is 0.0690. The molecule has 0 amide bonds. The highest BCUT2D eigenvalue weighted by Crippen LogP contribution is 2.37. The molecule has 0 aliphatic heterocycles. The third-order valence-corrected chi connectivity index (χ3v) is 2.79. The number of aromatic hydroxyl groups is 1. The van der Waals surface area contributed by atoms with E-state index in [9.17, 15) is 18.7 Å². The molecule has 0 atom stereocenters. The van der Waals surface area contributed by atoms with Gasteiger partial charge in [0.1, 0.15) is 5.69 Å². The average Bonchev–Trinajstić information content (AvgIpc) is 2.76. The van der Waals surface area contributed by atoms with Crippen LogP contribution in [-0.2, 0) is 0 Å². The van der Waals surface area contributed by atoms with Gasteiger partial charge in [-0.2, -0.15) is 5.10 Å². The van der Waals surface area contributed by atoms with Gasteiger partial charge in [0.05, 0.1) is 15.7 Å². The number of carbonyl (C=O) groups is 1. The van der Waals surface area contributed by atoms with Gasteiger partial charge >= 0.3 is 5.97 Å². The lowest BCUT2D eigenvalue weighted by Crippen LogP contribution is -1.95. The summed E-state index contributed by atoms with van der Waals surface area (Å²) < 4.78 is 26.8. The van der Waals surface area contributed by atoms with Crippen molar-refractivity contribution in [3.05, 3.63) is 33.9 Å². The Labute approximate surface area is 107 Å². The highest BCUT2D eigenvalue weighted by Gasteiger charge is 2.21. The van der Waals surface area contributed by atoms with Crippen molar-refractivity contribution >= 4 is 21.9 Å². The van der Waals surface area contributed by atoms with E-state index in [-0.39, 0.29) is 15.9 Å². The van der Waals surface area contributed by atoms with Crippen molar-refractivity contribution in [2.45, 2.75) is 0 Å². The summed E-state index contributed by atoms with van der Waals surface area (Å²) in [6, 6.07) is 1.76. The number of aromatic amines is 1. The maximum absolute atomic E-state index is 13.8. The molecule has 0 saturated heterocycles. The summed E-state index contributed by atoms with van der Waals surface area (Å²) in [6.07, 6.45) is 0.